The molecule has 1 aromatic heterocycles. The predicted molar refractivity (Wildman–Crippen MR) is 173 cm³/mol. The van der Waals surface area contributed by atoms with E-state index in [1.54, 1.807) is 0 Å². The first kappa shape index (κ1) is 24.6. The van der Waals surface area contributed by atoms with Crippen LogP contribution in [0.3, 0.4) is 0 Å². The number of hydrogen-bond donors (Lipinski definition) is 0. The van der Waals surface area contributed by atoms with Gasteiger partial charge in [-0.05, 0) is 87.0 Å². The van der Waals surface area contributed by atoms with Crippen LogP contribution in [-0.2, 0) is 5.41 Å². The third-order valence-electron chi connectivity index (χ3n) is 8.39. The maximum Gasteiger partial charge on any atom is 0.0713 e. The largest absolute Gasteiger partial charge is 0.135 e. The van der Waals surface area contributed by atoms with Crippen molar-refractivity contribution in [1.29, 1.82) is 0 Å². The first-order valence-electron chi connectivity index (χ1n) is 13.8. The molecule has 0 radical (unpaired) electrons. The van der Waals surface area contributed by atoms with Crippen LogP contribution < -0.4 is 0 Å². The van der Waals surface area contributed by atoms with Gasteiger partial charge >= 0.3 is 0 Å². The average Bonchev–Trinajstić information content (AvgIpc) is 3.48. The van der Waals surface area contributed by atoms with Crippen molar-refractivity contribution in [2.75, 3.05) is 0 Å². The second-order valence-electron chi connectivity index (χ2n) is 10.7. The third kappa shape index (κ3) is 3.58. The number of aryl methyl sites for hydroxylation is 2. The van der Waals surface area contributed by atoms with Gasteiger partial charge in [0.2, 0.25) is 0 Å². The number of fused-ring (bicyclic) bond motifs is 4. The molecule has 0 fully saturated rings. The summed E-state index contributed by atoms with van der Waals surface area (Å²) in [6.45, 7) is 8.28. The average molecular weight is 531 g/mol. The van der Waals surface area contributed by atoms with Crippen molar-refractivity contribution in [2.45, 2.75) is 19.3 Å². The summed E-state index contributed by atoms with van der Waals surface area (Å²) in [7, 11) is 0. The Kier molecular flexibility index (Phi) is 5.91. The highest BCUT2D eigenvalue weighted by Gasteiger charge is 2.45. The Labute approximate surface area is 240 Å². The highest BCUT2D eigenvalue weighted by molar-refractivity contribution is 7.20. The van der Waals surface area contributed by atoms with Crippen molar-refractivity contribution in [3.8, 4) is 22.3 Å². The summed E-state index contributed by atoms with van der Waals surface area (Å²) < 4.78 is 1.34. The zero-order valence-corrected chi connectivity index (χ0v) is 23.6. The van der Waals surface area contributed by atoms with Crippen LogP contribution in [0.1, 0.15) is 38.3 Å². The minimum absolute atomic E-state index is 0.364. The summed E-state index contributed by atoms with van der Waals surface area (Å²) >= 11 is 1.87. The highest BCUT2D eigenvalue weighted by Crippen LogP contribution is 2.56. The minimum Gasteiger partial charge on any atom is -0.135 e. The molecule has 0 N–H and O–H groups in total. The van der Waals surface area contributed by atoms with E-state index in [4.69, 9.17) is 0 Å². The molecule has 5 aromatic carbocycles. The molecule has 0 saturated heterocycles. The van der Waals surface area contributed by atoms with Crippen LogP contribution in [0.2, 0.25) is 0 Å². The topological polar surface area (TPSA) is 0 Å². The molecule has 192 valence electrons. The first-order valence-corrected chi connectivity index (χ1v) is 14.6. The molecule has 0 amide bonds. The van der Waals surface area contributed by atoms with E-state index in [2.05, 4.69) is 142 Å². The molecule has 1 aliphatic carbocycles. The zero-order chi connectivity index (χ0) is 27.3. The Balaban J connectivity index is 1.45. The summed E-state index contributed by atoms with van der Waals surface area (Å²) in [4.78, 5) is 1.29. The molecular formula is C39H30S. The predicted octanol–water partition coefficient (Wildman–Crippen LogP) is 10.7. The van der Waals surface area contributed by atoms with Crippen LogP contribution in [-0.4, -0.2) is 0 Å². The van der Waals surface area contributed by atoms with Gasteiger partial charge in [0.1, 0.15) is 0 Å². The summed E-state index contributed by atoms with van der Waals surface area (Å²) in [6, 6.07) is 42.9. The van der Waals surface area contributed by atoms with Gasteiger partial charge in [0.15, 0.2) is 0 Å². The monoisotopic (exact) mass is 530 g/mol. The van der Waals surface area contributed by atoms with Crippen LogP contribution in [0.15, 0.2) is 134 Å². The lowest BCUT2D eigenvalue weighted by molar-refractivity contribution is 0.768. The van der Waals surface area contributed by atoms with E-state index in [0.717, 1.165) is 0 Å². The van der Waals surface area contributed by atoms with Crippen molar-refractivity contribution in [2.24, 2.45) is 0 Å². The van der Waals surface area contributed by atoms with E-state index in [1.807, 2.05) is 23.5 Å². The van der Waals surface area contributed by atoms with Crippen molar-refractivity contribution in [1.82, 2.24) is 0 Å². The Hall–Kier alpha value is -4.46. The van der Waals surface area contributed by atoms with Gasteiger partial charge < -0.3 is 0 Å². The molecule has 40 heavy (non-hydrogen) atoms. The standard InChI is InChI=1S/C39H30S/c1-4-5-19-37-27(3)33-24-26(2)25-34(38(33)40-37)28-20-22-30(23-21-28)39(29-13-7-6-8-14-29)35-17-11-9-15-31(35)32-16-10-12-18-36(32)39/h4-25H,1H2,2-3H3/b19-5-. The number of thiophene rings is 1. The molecule has 6 aromatic rings. The smallest absolute Gasteiger partial charge is 0.0713 e. The summed E-state index contributed by atoms with van der Waals surface area (Å²) in [5.41, 5.74) is 12.7. The lowest BCUT2D eigenvalue weighted by Gasteiger charge is -2.34. The number of allylic oxidation sites excluding steroid dienone is 2. The number of hydrogen-bond acceptors (Lipinski definition) is 1. The molecule has 0 aliphatic heterocycles. The third-order valence-corrected chi connectivity index (χ3v) is 9.70. The van der Waals surface area contributed by atoms with Gasteiger partial charge in [0, 0.05) is 9.58 Å². The van der Waals surface area contributed by atoms with Crippen LogP contribution in [0.25, 0.3) is 38.4 Å². The van der Waals surface area contributed by atoms with Gasteiger partial charge in [-0.15, -0.1) is 11.3 Å². The van der Waals surface area contributed by atoms with E-state index in [0.29, 0.717) is 0 Å². The van der Waals surface area contributed by atoms with Crippen LogP contribution in [0.5, 0.6) is 0 Å². The number of benzene rings is 5. The fourth-order valence-electron chi connectivity index (χ4n) is 6.62. The van der Waals surface area contributed by atoms with E-state index in [1.165, 1.54) is 70.6 Å². The maximum atomic E-state index is 3.85. The zero-order valence-electron chi connectivity index (χ0n) is 22.8. The molecule has 0 bridgehead atoms. The Morgan fingerprint density at radius 1 is 0.650 bits per heavy atom. The molecule has 0 unspecified atom stereocenters. The van der Waals surface area contributed by atoms with Gasteiger partial charge in [0.05, 0.1) is 5.41 Å². The van der Waals surface area contributed by atoms with Gasteiger partial charge in [-0.25, -0.2) is 0 Å². The van der Waals surface area contributed by atoms with E-state index < -0.39 is 0 Å². The molecule has 0 atom stereocenters. The van der Waals surface area contributed by atoms with E-state index >= 15 is 0 Å². The molecular weight excluding hydrogens is 500 g/mol. The second-order valence-corrected chi connectivity index (χ2v) is 11.7. The highest BCUT2D eigenvalue weighted by atomic mass is 32.1. The van der Waals surface area contributed by atoms with Crippen molar-refractivity contribution >= 4 is 27.5 Å². The Morgan fingerprint density at radius 3 is 1.90 bits per heavy atom. The normalized spacial score (nSPS) is 13.4. The SMILES string of the molecule is C=C/C=C\c1sc2c(-c3ccc(C4(c5ccccc5)c5ccccc5-c5ccccc54)cc3)cc(C)cc2c1C. The fourth-order valence-corrected chi connectivity index (χ4v) is 7.86. The van der Waals surface area contributed by atoms with Crippen LogP contribution in [0.4, 0.5) is 0 Å². The summed E-state index contributed by atoms with van der Waals surface area (Å²) in [6.07, 6.45) is 6.05. The van der Waals surface area contributed by atoms with Crippen LogP contribution >= 0.6 is 11.3 Å². The number of rotatable bonds is 5. The van der Waals surface area contributed by atoms with Gasteiger partial charge in [0.25, 0.3) is 0 Å². The molecule has 1 heterocycles. The lowest BCUT2D eigenvalue weighted by atomic mass is 9.67. The minimum atomic E-state index is -0.364. The quantitative estimate of drug-likeness (QED) is 0.194. The lowest BCUT2D eigenvalue weighted by Crippen LogP contribution is -2.28. The summed E-state index contributed by atoms with van der Waals surface area (Å²) in [5.74, 6) is 0. The van der Waals surface area contributed by atoms with Crippen molar-refractivity contribution in [3.05, 3.63) is 172 Å². The van der Waals surface area contributed by atoms with Gasteiger partial charge in [-0.2, -0.15) is 0 Å². The molecule has 0 nitrogen and oxygen atoms in total. The second kappa shape index (κ2) is 9.62. The summed E-state index contributed by atoms with van der Waals surface area (Å²) in [5, 5.41) is 1.34. The first-order chi connectivity index (χ1) is 19.6. The molecule has 0 spiro atoms. The van der Waals surface area contributed by atoms with Gasteiger partial charge in [-0.1, -0.05) is 128 Å². The van der Waals surface area contributed by atoms with Gasteiger partial charge in [-0.3, -0.25) is 0 Å². The Morgan fingerprint density at radius 2 is 1.25 bits per heavy atom. The van der Waals surface area contributed by atoms with E-state index in [-0.39, 0.29) is 5.41 Å². The van der Waals surface area contributed by atoms with E-state index in [9.17, 15) is 0 Å². The molecule has 1 aliphatic rings. The van der Waals surface area contributed by atoms with Crippen molar-refractivity contribution < 1.29 is 0 Å². The fraction of sp³-hybridized carbons (Fsp3) is 0.0769. The van der Waals surface area contributed by atoms with Crippen LogP contribution in [0, 0.1) is 13.8 Å². The molecule has 7 rings (SSSR count). The molecule has 0 saturated carbocycles. The Bertz CT molecular complexity index is 1870. The van der Waals surface area contributed by atoms with Crippen molar-refractivity contribution in [3.63, 3.8) is 0 Å². The molecule has 1 heteroatoms. The maximum absolute atomic E-state index is 3.85.